The van der Waals surface area contributed by atoms with Crippen LogP contribution in [0.25, 0.3) is 0 Å². The SMILES string of the molecule is CCNCc1ccn(Cc2ccn(C3CCCC3)n2)c1. The van der Waals surface area contributed by atoms with Crippen molar-refractivity contribution >= 4 is 0 Å². The Labute approximate surface area is 120 Å². The third kappa shape index (κ3) is 3.12. The van der Waals surface area contributed by atoms with Gasteiger partial charge in [-0.3, -0.25) is 4.68 Å². The van der Waals surface area contributed by atoms with Gasteiger partial charge in [-0.05, 0) is 37.1 Å². The Balaban J connectivity index is 1.61. The van der Waals surface area contributed by atoms with Crippen LogP contribution in [-0.2, 0) is 13.1 Å². The molecule has 4 nitrogen and oxygen atoms in total. The third-order valence-electron chi connectivity index (χ3n) is 4.10. The Morgan fingerprint density at radius 3 is 2.90 bits per heavy atom. The van der Waals surface area contributed by atoms with E-state index in [0.29, 0.717) is 6.04 Å². The van der Waals surface area contributed by atoms with Crippen LogP contribution >= 0.6 is 0 Å². The predicted octanol–water partition coefficient (Wildman–Crippen LogP) is 2.96. The summed E-state index contributed by atoms with van der Waals surface area (Å²) < 4.78 is 4.39. The first-order chi connectivity index (χ1) is 9.85. The lowest BCUT2D eigenvalue weighted by molar-refractivity contribution is 0.461. The van der Waals surface area contributed by atoms with Crippen molar-refractivity contribution in [1.29, 1.82) is 0 Å². The lowest BCUT2D eigenvalue weighted by atomic mass is 10.3. The van der Waals surface area contributed by atoms with Gasteiger partial charge in [-0.2, -0.15) is 5.10 Å². The molecule has 0 radical (unpaired) electrons. The van der Waals surface area contributed by atoms with E-state index in [9.17, 15) is 0 Å². The maximum atomic E-state index is 4.74. The van der Waals surface area contributed by atoms with E-state index in [0.717, 1.165) is 25.3 Å². The molecule has 108 valence electrons. The van der Waals surface area contributed by atoms with Gasteiger partial charge in [0.05, 0.1) is 18.3 Å². The molecule has 0 bridgehead atoms. The van der Waals surface area contributed by atoms with Crippen LogP contribution < -0.4 is 5.32 Å². The number of nitrogens with one attached hydrogen (secondary N) is 1. The molecule has 1 aliphatic carbocycles. The average molecular weight is 272 g/mol. The van der Waals surface area contributed by atoms with Crippen LogP contribution in [0.4, 0.5) is 0 Å². The van der Waals surface area contributed by atoms with E-state index in [1.807, 2.05) is 0 Å². The fraction of sp³-hybridized carbons (Fsp3) is 0.562. The minimum absolute atomic E-state index is 0.637. The quantitative estimate of drug-likeness (QED) is 0.877. The molecule has 2 aromatic rings. The normalized spacial score (nSPS) is 16.1. The summed E-state index contributed by atoms with van der Waals surface area (Å²) in [5, 5.41) is 8.09. The Morgan fingerprint density at radius 2 is 2.10 bits per heavy atom. The van der Waals surface area contributed by atoms with Crippen LogP contribution in [0.3, 0.4) is 0 Å². The molecule has 2 heterocycles. The molecule has 2 aromatic heterocycles. The maximum absolute atomic E-state index is 4.74. The van der Waals surface area contributed by atoms with Gasteiger partial charge >= 0.3 is 0 Å². The third-order valence-corrected chi connectivity index (χ3v) is 4.10. The van der Waals surface area contributed by atoms with Gasteiger partial charge in [0.15, 0.2) is 0 Å². The van der Waals surface area contributed by atoms with E-state index >= 15 is 0 Å². The summed E-state index contributed by atoms with van der Waals surface area (Å²) in [5.74, 6) is 0. The zero-order valence-corrected chi connectivity index (χ0v) is 12.3. The maximum Gasteiger partial charge on any atom is 0.0821 e. The smallest absolute Gasteiger partial charge is 0.0821 e. The van der Waals surface area contributed by atoms with Gasteiger partial charge < -0.3 is 9.88 Å². The van der Waals surface area contributed by atoms with E-state index in [-0.39, 0.29) is 0 Å². The summed E-state index contributed by atoms with van der Waals surface area (Å²) in [6, 6.07) is 4.97. The molecule has 1 fully saturated rings. The molecule has 4 heteroatoms. The van der Waals surface area contributed by atoms with E-state index in [4.69, 9.17) is 5.10 Å². The molecule has 0 spiro atoms. The van der Waals surface area contributed by atoms with Crippen molar-refractivity contribution in [2.45, 2.75) is 51.7 Å². The van der Waals surface area contributed by atoms with Crippen LogP contribution in [0.1, 0.15) is 49.9 Å². The Morgan fingerprint density at radius 1 is 1.25 bits per heavy atom. The zero-order chi connectivity index (χ0) is 13.8. The van der Waals surface area contributed by atoms with Crippen LogP contribution in [0.5, 0.6) is 0 Å². The first-order valence-electron chi connectivity index (χ1n) is 7.74. The summed E-state index contributed by atoms with van der Waals surface area (Å²) in [4.78, 5) is 0. The van der Waals surface area contributed by atoms with Crippen LogP contribution in [0, 0.1) is 0 Å². The fourth-order valence-corrected chi connectivity index (χ4v) is 2.98. The van der Waals surface area contributed by atoms with Crippen molar-refractivity contribution < 1.29 is 0 Å². The highest BCUT2D eigenvalue weighted by Gasteiger charge is 2.17. The standard InChI is InChI=1S/C16H24N4/c1-2-17-11-14-7-9-19(12-14)13-15-8-10-20(18-15)16-5-3-4-6-16/h7-10,12,16-17H,2-6,11,13H2,1H3. The van der Waals surface area contributed by atoms with Gasteiger partial charge in [-0.15, -0.1) is 0 Å². The number of rotatable bonds is 6. The molecular formula is C16H24N4. The second kappa shape index (κ2) is 6.27. The van der Waals surface area contributed by atoms with Crippen molar-refractivity contribution in [3.8, 4) is 0 Å². The monoisotopic (exact) mass is 272 g/mol. The first-order valence-corrected chi connectivity index (χ1v) is 7.74. The van der Waals surface area contributed by atoms with Gasteiger partial charge in [0.2, 0.25) is 0 Å². The molecule has 1 saturated carbocycles. The van der Waals surface area contributed by atoms with Crippen LogP contribution in [0.15, 0.2) is 30.7 Å². The average Bonchev–Trinajstić information content (AvgIpc) is 3.18. The minimum Gasteiger partial charge on any atom is -0.348 e. The number of hydrogen-bond donors (Lipinski definition) is 1. The Kier molecular flexibility index (Phi) is 4.21. The van der Waals surface area contributed by atoms with Gasteiger partial charge in [0, 0.05) is 25.1 Å². The molecule has 20 heavy (non-hydrogen) atoms. The van der Waals surface area contributed by atoms with Crippen molar-refractivity contribution in [3.05, 3.63) is 42.0 Å². The molecule has 0 unspecified atom stereocenters. The predicted molar refractivity (Wildman–Crippen MR) is 80.6 cm³/mol. The first kappa shape index (κ1) is 13.4. The van der Waals surface area contributed by atoms with Crippen molar-refractivity contribution in [1.82, 2.24) is 19.7 Å². The highest BCUT2D eigenvalue weighted by atomic mass is 15.3. The molecule has 0 saturated heterocycles. The number of hydrogen-bond acceptors (Lipinski definition) is 2. The van der Waals surface area contributed by atoms with E-state index in [2.05, 4.69) is 52.2 Å². The molecule has 0 aliphatic heterocycles. The van der Waals surface area contributed by atoms with E-state index in [1.165, 1.54) is 31.2 Å². The van der Waals surface area contributed by atoms with Gasteiger partial charge in [-0.1, -0.05) is 19.8 Å². The topological polar surface area (TPSA) is 34.8 Å². The summed E-state index contributed by atoms with van der Waals surface area (Å²) in [7, 11) is 0. The van der Waals surface area contributed by atoms with Gasteiger partial charge in [0.25, 0.3) is 0 Å². The fourth-order valence-electron chi connectivity index (χ4n) is 2.98. The lowest BCUT2D eigenvalue weighted by Crippen LogP contribution is -2.11. The second-order valence-electron chi connectivity index (χ2n) is 5.70. The molecule has 0 atom stereocenters. The van der Waals surface area contributed by atoms with Crippen molar-refractivity contribution in [3.63, 3.8) is 0 Å². The molecule has 1 N–H and O–H groups in total. The summed E-state index contributed by atoms with van der Waals surface area (Å²) in [6.45, 7) is 4.95. The molecular weight excluding hydrogens is 248 g/mol. The highest BCUT2D eigenvalue weighted by molar-refractivity contribution is 5.12. The van der Waals surface area contributed by atoms with Gasteiger partial charge in [-0.25, -0.2) is 0 Å². The number of aromatic nitrogens is 3. The minimum atomic E-state index is 0.637. The molecule has 0 aromatic carbocycles. The van der Waals surface area contributed by atoms with E-state index in [1.54, 1.807) is 0 Å². The van der Waals surface area contributed by atoms with Crippen molar-refractivity contribution in [2.24, 2.45) is 0 Å². The lowest BCUT2D eigenvalue weighted by Gasteiger charge is -2.08. The molecule has 3 rings (SSSR count). The van der Waals surface area contributed by atoms with Crippen LogP contribution in [-0.4, -0.2) is 20.9 Å². The largest absolute Gasteiger partial charge is 0.348 e. The van der Waals surface area contributed by atoms with E-state index < -0.39 is 0 Å². The second-order valence-corrected chi connectivity index (χ2v) is 5.70. The summed E-state index contributed by atoms with van der Waals surface area (Å²) in [5.41, 5.74) is 2.49. The highest BCUT2D eigenvalue weighted by Crippen LogP contribution is 2.28. The van der Waals surface area contributed by atoms with Crippen LogP contribution in [0.2, 0.25) is 0 Å². The van der Waals surface area contributed by atoms with Crippen molar-refractivity contribution in [2.75, 3.05) is 6.54 Å². The Hall–Kier alpha value is -1.55. The molecule has 0 amide bonds. The Bertz CT molecular complexity index is 534. The number of nitrogens with zero attached hydrogens (tertiary/aromatic N) is 3. The van der Waals surface area contributed by atoms with Gasteiger partial charge in [0.1, 0.15) is 0 Å². The summed E-state index contributed by atoms with van der Waals surface area (Å²) >= 11 is 0. The molecule has 1 aliphatic rings. The zero-order valence-electron chi connectivity index (χ0n) is 12.3. The summed E-state index contributed by atoms with van der Waals surface area (Å²) in [6.07, 6.45) is 11.8.